The molecule has 4 N–H and O–H groups in total. The van der Waals surface area contributed by atoms with Gasteiger partial charge in [-0.1, -0.05) is 49.4 Å². The Morgan fingerprint density at radius 1 is 0.947 bits per heavy atom. The Morgan fingerprint density at radius 2 is 1.75 bits per heavy atom. The van der Waals surface area contributed by atoms with Gasteiger partial charge in [0.1, 0.15) is 11.9 Å². The molecular formula is C42H46ClN9O5. The van der Waals surface area contributed by atoms with E-state index < -0.39 is 29.7 Å². The van der Waals surface area contributed by atoms with Gasteiger partial charge in [0.05, 0.1) is 44.6 Å². The average Bonchev–Trinajstić information content (AvgIpc) is 3.93. The summed E-state index contributed by atoms with van der Waals surface area (Å²) in [4.78, 5) is 75.1. The number of fused-ring (bicyclic) bond motifs is 3. The molecule has 15 heteroatoms. The number of carbonyl (C=O) groups is 5. The van der Waals surface area contributed by atoms with Crippen LogP contribution in [-0.2, 0) is 16.1 Å². The van der Waals surface area contributed by atoms with Crippen LogP contribution in [0.2, 0.25) is 5.02 Å². The predicted octanol–water partition coefficient (Wildman–Crippen LogP) is 6.75. The first kappa shape index (κ1) is 38.3. The van der Waals surface area contributed by atoms with Crippen molar-refractivity contribution in [2.75, 3.05) is 30.8 Å². The van der Waals surface area contributed by atoms with E-state index in [-0.39, 0.29) is 35.9 Å². The Balaban J connectivity index is 0.800. The number of imide groups is 2. The van der Waals surface area contributed by atoms with Crippen molar-refractivity contribution in [1.29, 1.82) is 0 Å². The Kier molecular flexibility index (Phi) is 10.8. The van der Waals surface area contributed by atoms with Crippen LogP contribution in [0.3, 0.4) is 0 Å². The standard InChI is InChI=1S/C42H46ClN9O5/c1-24-26-15-14-25(39(54)47-34-22-30-28(23-45-34)37(43)38(46-30)31-13-10-19-50(31)2)21-33(26)51(49-24)20-8-6-4-3-5-7-18-44-29-12-9-11-27-36(29)42(57)52(41(27)56)32-16-17-35(53)48-40(32)55/h9,11-12,14-15,21-23,31-32,44,46H,3-8,10,13,16-20H2,1-2H3,(H,45,47,54)(H,48,53,55). The summed E-state index contributed by atoms with van der Waals surface area (Å²) in [6, 6.07) is 11.9. The number of aryl methyl sites for hydroxylation is 2. The summed E-state index contributed by atoms with van der Waals surface area (Å²) in [6.07, 6.45) is 10.1. The number of amides is 5. The minimum Gasteiger partial charge on any atom is -0.384 e. The topological polar surface area (TPSA) is 174 Å². The molecule has 6 heterocycles. The fourth-order valence-electron chi connectivity index (χ4n) is 8.47. The van der Waals surface area contributed by atoms with Crippen LogP contribution in [0.1, 0.15) is 113 Å². The molecule has 2 unspecified atom stereocenters. The third kappa shape index (κ3) is 7.51. The van der Waals surface area contributed by atoms with Gasteiger partial charge in [-0.2, -0.15) is 5.10 Å². The molecule has 5 amide bonds. The van der Waals surface area contributed by atoms with Crippen LogP contribution in [0.5, 0.6) is 0 Å². The summed E-state index contributed by atoms with van der Waals surface area (Å²) >= 11 is 6.75. The molecule has 2 atom stereocenters. The summed E-state index contributed by atoms with van der Waals surface area (Å²) in [6.45, 7) is 4.39. The van der Waals surface area contributed by atoms with Crippen molar-refractivity contribution in [3.63, 3.8) is 0 Å². The van der Waals surface area contributed by atoms with Gasteiger partial charge in [-0.3, -0.25) is 43.8 Å². The Hall–Kier alpha value is -5.60. The van der Waals surface area contributed by atoms with E-state index in [1.807, 2.05) is 35.9 Å². The van der Waals surface area contributed by atoms with Crippen molar-refractivity contribution in [3.05, 3.63) is 81.8 Å². The average molecular weight is 792 g/mol. The minimum absolute atomic E-state index is 0.0816. The number of carbonyl (C=O) groups excluding carboxylic acids is 5. The van der Waals surface area contributed by atoms with E-state index in [1.54, 1.807) is 24.4 Å². The van der Waals surface area contributed by atoms with E-state index in [9.17, 15) is 24.0 Å². The van der Waals surface area contributed by atoms with Gasteiger partial charge >= 0.3 is 0 Å². The third-order valence-electron chi connectivity index (χ3n) is 11.5. The van der Waals surface area contributed by atoms with E-state index in [4.69, 9.17) is 16.7 Å². The van der Waals surface area contributed by atoms with Crippen LogP contribution in [0.4, 0.5) is 11.5 Å². The van der Waals surface area contributed by atoms with Gasteiger partial charge in [0, 0.05) is 53.8 Å². The Labute approximate surface area is 334 Å². The second kappa shape index (κ2) is 16.1. The van der Waals surface area contributed by atoms with Gasteiger partial charge in [-0.05, 0) is 76.9 Å². The number of halogens is 1. The molecule has 0 radical (unpaired) electrons. The molecule has 57 heavy (non-hydrogen) atoms. The van der Waals surface area contributed by atoms with Crippen LogP contribution >= 0.6 is 11.6 Å². The first-order valence-corrected chi connectivity index (χ1v) is 20.2. The first-order chi connectivity index (χ1) is 27.6. The van der Waals surface area contributed by atoms with Gasteiger partial charge in [-0.15, -0.1) is 0 Å². The van der Waals surface area contributed by atoms with Gasteiger partial charge < -0.3 is 15.6 Å². The van der Waals surface area contributed by atoms with Gasteiger partial charge in [-0.25, -0.2) is 4.98 Å². The zero-order valence-corrected chi connectivity index (χ0v) is 32.9. The van der Waals surface area contributed by atoms with Crippen LogP contribution in [0.25, 0.3) is 21.8 Å². The number of aromatic nitrogens is 4. The Morgan fingerprint density at radius 3 is 2.54 bits per heavy atom. The number of unbranched alkanes of at least 4 members (excludes halogenated alkanes) is 5. The molecule has 0 bridgehead atoms. The number of nitrogens with one attached hydrogen (secondary N) is 4. The van der Waals surface area contributed by atoms with Gasteiger partial charge in [0.2, 0.25) is 11.8 Å². The van der Waals surface area contributed by atoms with Crippen LogP contribution < -0.4 is 16.0 Å². The molecule has 0 aliphatic carbocycles. The van der Waals surface area contributed by atoms with Crippen molar-refractivity contribution >= 4 is 74.4 Å². The third-order valence-corrected chi connectivity index (χ3v) is 11.9. The molecule has 8 rings (SSSR count). The molecule has 14 nitrogen and oxygen atoms in total. The number of anilines is 2. The highest BCUT2D eigenvalue weighted by atomic mass is 35.5. The smallest absolute Gasteiger partial charge is 0.264 e. The number of likely N-dealkylation sites (tertiary alicyclic amines) is 1. The number of benzene rings is 2. The molecule has 3 aromatic heterocycles. The maximum absolute atomic E-state index is 13.4. The van der Waals surface area contributed by atoms with E-state index in [1.165, 1.54) is 0 Å². The highest BCUT2D eigenvalue weighted by Gasteiger charge is 2.45. The number of hydrogen-bond acceptors (Lipinski definition) is 9. The molecule has 2 saturated heterocycles. The van der Waals surface area contributed by atoms with E-state index in [0.717, 1.165) is 103 Å². The number of rotatable bonds is 14. The zero-order valence-electron chi connectivity index (χ0n) is 32.1. The molecule has 2 fully saturated rings. The summed E-state index contributed by atoms with van der Waals surface area (Å²) < 4.78 is 1.99. The molecule has 3 aliphatic rings. The second-order valence-corrected chi connectivity index (χ2v) is 15.7. The largest absolute Gasteiger partial charge is 0.384 e. The highest BCUT2D eigenvalue weighted by molar-refractivity contribution is 6.36. The number of piperidine rings is 1. The molecule has 0 spiro atoms. The van der Waals surface area contributed by atoms with Crippen LogP contribution in [0.15, 0.2) is 48.7 Å². The van der Waals surface area contributed by atoms with Gasteiger partial charge in [0.25, 0.3) is 17.7 Å². The normalized spacial score (nSPS) is 18.5. The van der Waals surface area contributed by atoms with Crippen LogP contribution in [0, 0.1) is 6.92 Å². The van der Waals surface area contributed by atoms with E-state index in [0.29, 0.717) is 28.6 Å². The quantitative estimate of drug-likeness (QED) is 0.0701. The summed E-state index contributed by atoms with van der Waals surface area (Å²) in [5.41, 5.74) is 5.32. The lowest BCUT2D eigenvalue weighted by molar-refractivity contribution is -0.136. The van der Waals surface area contributed by atoms with Crippen molar-refractivity contribution in [2.24, 2.45) is 0 Å². The lowest BCUT2D eigenvalue weighted by Crippen LogP contribution is -2.54. The summed E-state index contributed by atoms with van der Waals surface area (Å²) in [5.74, 6) is -1.84. The molecule has 2 aromatic carbocycles. The summed E-state index contributed by atoms with van der Waals surface area (Å²) in [7, 11) is 2.11. The number of nitrogens with zero attached hydrogens (tertiary/aromatic N) is 5. The fourth-order valence-corrected chi connectivity index (χ4v) is 8.79. The highest BCUT2D eigenvalue weighted by Crippen LogP contribution is 2.38. The SMILES string of the molecule is Cc1nn(CCCCCCCCNc2cccc3c2C(=O)N(C2CCC(=O)NC2=O)C3=O)c2cc(C(=O)Nc3cc4[nH]c(C5CCCN5C)c(Cl)c4cn3)ccc12. The lowest BCUT2D eigenvalue weighted by Gasteiger charge is -2.27. The number of H-pyrrole nitrogens is 1. The van der Waals surface area contributed by atoms with Crippen molar-refractivity contribution in [3.8, 4) is 0 Å². The number of pyridine rings is 1. The van der Waals surface area contributed by atoms with Crippen molar-refractivity contribution in [1.82, 2.24) is 34.9 Å². The molecule has 5 aromatic rings. The summed E-state index contributed by atoms with van der Waals surface area (Å²) in [5, 5.41) is 15.8. The maximum atomic E-state index is 13.4. The second-order valence-electron chi connectivity index (χ2n) is 15.3. The molecule has 296 valence electrons. The molecule has 3 aliphatic heterocycles. The predicted molar refractivity (Wildman–Crippen MR) is 217 cm³/mol. The molecule has 0 saturated carbocycles. The van der Waals surface area contributed by atoms with Crippen LogP contribution in [-0.4, -0.2) is 85.3 Å². The number of aromatic amines is 1. The fraction of sp³-hybridized carbons (Fsp3) is 0.405. The number of hydrogen-bond donors (Lipinski definition) is 4. The van der Waals surface area contributed by atoms with E-state index in [2.05, 4.69) is 37.9 Å². The first-order valence-electron chi connectivity index (χ1n) is 19.8. The zero-order chi connectivity index (χ0) is 39.8. The Bertz CT molecular complexity index is 2420. The van der Waals surface area contributed by atoms with Gasteiger partial charge in [0.15, 0.2) is 0 Å². The minimum atomic E-state index is -0.989. The van der Waals surface area contributed by atoms with Crippen molar-refractivity contribution in [2.45, 2.75) is 89.8 Å². The molecular weight excluding hydrogens is 746 g/mol. The maximum Gasteiger partial charge on any atom is 0.264 e. The monoisotopic (exact) mass is 791 g/mol. The van der Waals surface area contributed by atoms with E-state index >= 15 is 0 Å². The van der Waals surface area contributed by atoms with Crippen molar-refractivity contribution < 1.29 is 24.0 Å². The lowest BCUT2D eigenvalue weighted by atomic mass is 10.0.